The molecule has 2 unspecified atom stereocenters. The first-order valence-corrected chi connectivity index (χ1v) is 15.3. The number of sulfonamides is 2. The lowest BCUT2D eigenvalue weighted by atomic mass is 9.89. The van der Waals surface area contributed by atoms with Gasteiger partial charge in [0.1, 0.15) is 5.82 Å². The van der Waals surface area contributed by atoms with E-state index in [0.29, 0.717) is 36.9 Å². The molecule has 1 aliphatic heterocycles. The first-order chi connectivity index (χ1) is 17.0. The Morgan fingerprint density at radius 3 is 2.14 bits per heavy atom. The highest BCUT2D eigenvalue weighted by atomic mass is 35.5. The lowest BCUT2D eigenvalue weighted by molar-refractivity contribution is 0.124. The van der Waals surface area contributed by atoms with Crippen LogP contribution in [-0.2, 0) is 20.0 Å². The second-order valence-corrected chi connectivity index (χ2v) is 13.8. The minimum Gasteiger partial charge on any atom is -0.367 e. The summed E-state index contributed by atoms with van der Waals surface area (Å²) in [6.45, 7) is 2.66. The summed E-state index contributed by atoms with van der Waals surface area (Å²) in [5, 5.41) is 0.362. The molecule has 2 fully saturated rings. The number of hydrogen-bond acceptors (Lipinski definition) is 6. The third-order valence-corrected chi connectivity index (χ3v) is 10.6. The maximum atomic E-state index is 14.4. The smallest absolute Gasteiger partial charge is 0.242 e. The Hall–Kier alpha value is -1.76. The van der Waals surface area contributed by atoms with E-state index < -0.39 is 20.0 Å². The van der Waals surface area contributed by atoms with Crippen molar-refractivity contribution in [3.05, 3.63) is 53.3 Å². The van der Waals surface area contributed by atoms with Crippen LogP contribution in [0.5, 0.6) is 0 Å². The zero-order chi connectivity index (χ0) is 26.1. The maximum absolute atomic E-state index is 14.4. The number of nitrogens with one attached hydrogen (secondary N) is 1. The van der Waals surface area contributed by atoms with Gasteiger partial charge in [-0.15, -0.1) is 0 Å². The predicted molar refractivity (Wildman–Crippen MR) is 139 cm³/mol. The third kappa shape index (κ3) is 5.87. The largest absolute Gasteiger partial charge is 0.367 e. The summed E-state index contributed by atoms with van der Waals surface area (Å²) in [6, 6.07) is 9.77. The van der Waals surface area contributed by atoms with Gasteiger partial charge in [-0.3, -0.25) is 4.90 Å². The van der Waals surface area contributed by atoms with Crippen molar-refractivity contribution in [1.29, 1.82) is 0 Å². The normalized spacial score (nSPS) is 22.2. The van der Waals surface area contributed by atoms with Gasteiger partial charge in [0, 0.05) is 57.4 Å². The summed E-state index contributed by atoms with van der Waals surface area (Å²) in [6.07, 6.45) is 3.55. The molecule has 2 aromatic carbocycles. The molecule has 1 heterocycles. The topological polar surface area (TPSA) is 90.0 Å². The molecule has 0 amide bonds. The number of anilines is 1. The number of piperazine rings is 1. The van der Waals surface area contributed by atoms with Crippen molar-refractivity contribution in [3.8, 4) is 0 Å². The summed E-state index contributed by atoms with van der Waals surface area (Å²) in [5.41, 5.74) is 0.527. The highest BCUT2D eigenvalue weighted by Gasteiger charge is 2.35. The molecule has 198 valence electrons. The molecule has 0 aromatic heterocycles. The Morgan fingerprint density at radius 1 is 0.917 bits per heavy atom. The van der Waals surface area contributed by atoms with E-state index in [-0.39, 0.29) is 27.7 Å². The Kier molecular flexibility index (Phi) is 8.28. The molecule has 0 bridgehead atoms. The van der Waals surface area contributed by atoms with E-state index >= 15 is 0 Å². The van der Waals surface area contributed by atoms with Crippen molar-refractivity contribution < 1.29 is 21.2 Å². The molecule has 2 atom stereocenters. The zero-order valence-corrected chi connectivity index (χ0v) is 22.8. The van der Waals surface area contributed by atoms with E-state index in [0.717, 1.165) is 30.0 Å². The van der Waals surface area contributed by atoms with Crippen molar-refractivity contribution in [2.45, 2.75) is 47.6 Å². The molecular formula is C24H32ClFN4O4S2. The van der Waals surface area contributed by atoms with Gasteiger partial charge in [0.25, 0.3) is 0 Å². The number of benzene rings is 2. The molecule has 1 saturated carbocycles. The van der Waals surface area contributed by atoms with E-state index in [4.69, 9.17) is 11.6 Å². The van der Waals surface area contributed by atoms with Gasteiger partial charge in [-0.05, 0) is 55.3 Å². The maximum Gasteiger partial charge on any atom is 0.242 e. The summed E-state index contributed by atoms with van der Waals surface area (Å²) in [7, 11) is -4.62. The summed E-state index contributed by atoms with van der Waals surface area (Å²) < 4.78 is 69.3. The Balaban J connectivity index is 1.44. The summed E-state index contributed by atoms with van der Waals surface area (Å²) in [4.78, 5) is 4.36. The molecule has 1 N–H and O–H groups in total. The van der Waals surface area contributed by atoms with Crippen LogP contribution in [0.25, 0.3) is 0 Å². The monoisotopic (exact) mass is 558 g/mol. The van der Waals surface area contributed by atoms with Crippen molar-refractivity contribution in [3.63, 3.8) is 0 Å². The minimum absolute atomic E-state index is 0.0348. The van der Waals surface area contributed by atoms with E-state index in [1.165, 1.54) is 44.4 Å². The SMILES string of the molecule is CN(C)S(=O)(=O)c1ccc(S(=O)(=O)NC2CCCCC2N2CCN(c3ccc(Cl)cc3F)CC2)cc1. The highest BCUT2D eigenvalue weighted by molar-refractivity contribution is 7.89. The highest BCUT2D eigenvalue weighted by Crippen LogP contribution is 2.29. The fourth-order valence-corrected chi connectivity index (χ4v) is 7.35. The number of hydrogen-bond donors (Lipinski definition) is 1. The quantitative estimate of drug-likeness (QED) is 0.561. The van der Waals surface area contributed by atoms with Crippen LogP contribution in [0.4, 0.5) is 10.1 Å². The van der Waals surface area contributed by atoms with E-state index in [9.17, 15) is 21.2 Å². The van der Waals surface area contributed by atoms with Gasteiger partial charge in [0.2, 0.25) is 20.0 Å². The first kappa shape index (κ1) is 27.3. The van der Waals surface area contributed by atoms with Gasteiger partial charge in [-0.2, -0.15) is 0 Å². The van der Waals surface area contributed by atoms with Crippen molar-refractivity contribution in [2.75, 3.05) is 45.2 Å². The standard InChI is InChI=1S/C24H32ClFN4O4S2/c1-28(2)36(33,34)20-10-8-19(9-11-20)35(31,32)27-22-5-3-4-6-24(22)30-15-13-29(14-16-30)23-12-7-18(25)17-21(23)26/h7-12,17,22,24,27H,3-6,13-16H2,1-2H3. The second kappa shape index (κ2) is 10.9. The van der Waals surface area contributed by atoms with Crippen LogP contribution in [0.2, 0.25) is 5.02 Å². The van der Waals surface area contributed by atoms with Gasteiger partial charge >= 0.3 is 0 Å². The van der Waals surface area contributed by atoms with Crippen molar-refractivity contribution >= 4 is 37.3 Å². The Bertz CT molecular complexity index is 1280. The molecule has 2 aliphatic rings. The molecule has 1 aliphatic carbocycles. The molecule has 0 spiro atoms. The minimum atomic E-state index is -3.84. The van der Waals surface area contributed by atoms with Gasteiger partial charge in [0.15, 0.2) is 0 Å². The molecule has 0 radical (unpaired) electrons. The number of nitrogens with zero attached hydrogens (tertiary/aromatic N) is 3. The van der Waals surface area contributed by atoms with Crippen LogP contribution in [0.1, 0.15) is 25.7 Å². The molecule has 8 nitrogen and oxygen atoms in total. The number of rotatable bonds is 7. The van der Waals surface area contributed by atoms with Gasteiger partial charge in [0.05, 0.1) is 15.5 Å². The average molecular weight is 559 g/mol. The Labute approximate surface area is 218 Å². The third-order valence-electron chi connectivity index (χ3n) is 6.98. The van der Waals surface area contributed by atoms with Crippen LogP contribution in [0.3, 0.4) is 0 Å². The van der Waals surface area contributed by atoms with Gasteiger partial charge < -0.3 is 4.90 Å². The number of halogens is 2. The fraction of sp³-hybridized carbons (Fsp3) is 0.500. The van der Waals surface area contributed by atoms with E-state index in [1.54, 1.807) is 12.1 Å². The van der Waals surface area contributed by atoms with Crippen LogP contribution in [0.15, 0.2) is 52.3 Å². The average Bonchev–Trinajstić information content (AvgIpc) is 2.84. The van der Waals surface area contributed by atoms with E-state index in [2.05, 4.69) is 9.62 Å². The molecule has 1 saturated heterocycles. The molecule has 4 rings (SSSR count). The lowest BCUT2D eigenvalue weighted by Crippen LogP contribution is -2.58. The zero-order valence-electron chi connectivity index (χ0n) is 20.4. The van der Waals surface area contributed by atoms with E-state index in [1.807, 2.05) is 4.90 Å². The lowest BCUT2D eigenvalue weighted by Gasteiger charge is -2.44. The molecule has 36 heavy (non-hydrogen) atoms. The van der Waals surface area contributed by atoms with Crippen LogP contribution >= 0.6 is 11.6 Å². The molecule has 2 aromatic rings. The predicted octanol–water partition coefficient (Wildman–Crippen LogP) is 3.14. The fourth-order valence-electron chi connectivity index (χ4n) is 4.99. The van der Waals surface area contributed by atoms with Crippen LogP contribution in [0, 0.1) is 5.82 Å². The summed E-state index contributed by atoms with van der Waals surface area (Å²) in [5.74, 6) is -0.344. The second-order valence-electron chi connectivity index (χ2n) is 9.46. The van der Waals surface area contributed by atoms with Crippen molar-refractivity contribution in [1.82, 2.24) is 13.9 Å². The van der Waals surface area contributed by atoms with Gasteiger partial charge in [-0.25, -0.2) is 30.3 Å². The van der Waals surface area contributed by atoms with Crippen molar-refractivity contribution in [2.24, 2.45) is 0 Å². The van der Waals surface area contributed by atoms with Crippen LogP contribution < -0.4 is 9.62 Å². The molecule has 12 heteroatoms. The first-order valence-electron chi connectivity index (χ1n) is 12.0. The van der Waals surface area contributed by atoms with Crippen LogP contribution in [-0.4, -0.2) is 78.4 Å². The van der Waals surface area contributed by atoms with Gasteiger partial charge in [-0.1, -0.05) is 24.4 Å². The summed E-state index contributed by atoms with van der Waals surface area (Å²) >= 11 is 5.88. The molecular weight excluding hydrogens is 527 g/mol. The Morgan fingerprint density at radius 2 is 1.53 bits per heavy atom.